The van der Waals surface area contributed by atoms with Crippen LogP contribution in [0.4, 0.5) is 10.1 Å². The molecule has 2 aromatic rings. The van der Waals surface area contributed by atoms with Crippen molar-refractivity contribution in [1.29, 1.82) is 0 Å². The molecule has 0 radical (unpaired) electrons. The number of piperidine rings is 1. The number of benzene rings is 2. The highest BCUT2D eigenvalue weighted by Crippen LogP contribution is 2.26. The Morgan fingerprint density at radius 3 is 2.50 bits per heavy atom. The zero-order chi connectivity index (χ0) is 19.9. The van der Waals surface area contributed by atoms with Crippen LogP contribution in [0.3, 0.4) is 0 Å². The van der Waals surface area contributed by atoms with Gasteiger partial charge in [0.1, 0.15) is 11.6 Å². The molecule has 0 saturated carbocycles. The minimum Gasteiger partial charge on any atom is -0.495 e. The van der Waals surface area contributed by atoms with Crippen LogP contribution in [-0.4, -0.2) is 36.9 Å². The Morgan fingerprint density at radius 1 is 1.11 bits per heavy atom. The van der Waals surface area contributed by atoms with Gasteiger partial charge in [-0.3, -0.25) is 9.59 Å². The van der Waals surface area contributed by atoms with Crippen molar-refractivity contribution >= 4 is 23.6 Å². The first-order valence-corrected chi connectivity index (χ1v) is 9.24. The summed E-state index contributed by atoms with van der Waals surface area (Å²) in [6.45, 7) is 0.981. The summed E-state index contributed by atoms with van der Waals surface area (Å²) in [5.74, 6) is -0.158. The molecule has 3 rings (SSSR count). The smallest absolute Gasteiger partial charge is 0.246 e. The molecular weight excluding hydrogens is 359 g/mol. The minimum absolute atomic E-state index is 0.0708. The van der Waals surface area contributed by atoms with Gasteiger partial charge in [0.05, 0.1) is 12.8 Å². The fourth-order valence-corrected chi connectivity index (χ4v) is 3.22. The highest BCUT2D eigenvalue weighted by Gasteiger charge is 2.27. The Kier molecular flexibility index (Phi) is 6.42. The maximum absolute atomic E-state index is 13.6. The van der Waals surface area contributed by atoms with Gasteiger partial charge < -0.3 is 15.0 Å². The van der Waals surface area contributed by atoms with E-state index in [9.17, 15) is 14.0 Å². The van der Waals surface area contributed by atoms with E-state index in [0.717, 1.165) is 0 Å². The summed E-state index contributed by atoms with van der Waals surface area (Å²) >= 11 is 0. The lowest BCUT2D eigenvalue weighted by atomic mass is 9.95. The average molecular weight is 382 g/mol. The number of carbonyl (C=O) groups is 2. The number of rotatable bonds is 5. The number of nitrogens with zero attached hydrogens (tertiary/aromatic N) is 1. The molecule has 2 amide bonds. The number of likely N-dealkylation sites (tertiary alicyclic amines) is 1. The largest absolute Gasteiger partial charge is 0.495 e. The van der Waals surface area contributed by atoms with Gasteiger partial charge in [-0.15, -0.1) is 0 Å². The number of halogens is 1. The van der Waals surface area contributed by atoms with Crippen molar-refractivity contribution in [2.24, 2.45) is 5.92 Å². The fourth-order valence-electron chi connectivity index (χ4n) is 3.22. The first-order chi connectivity index (χ1) is 13.6. The van der Waals surface area contributed by atoms with Gasteiger partial charge in [0.2, 0.25) is 11.8 Å². The summed E-state index contributed by atoms with van der Waals surface area (Å²) in [4.78, 5) is 26.6. The second kappa shape index (κ2) is 9.17. The van der Waals surface area contributed by atoms with E-state index in [1.54, 1.807) is 42.3 Å². The highest BCUT2D eigenvalue weighted by atomic mass is 19.1. The maximum Gasteiger partial charge on any atom is 0.246 e. The molecule has 0 atom stereocenters. The molecule has 1 aliphatic heterocycles. The second-order valence-corrected chi connectivity index (χ2v) is 6.64. The number of anilines is 1. The van der Waals surface area contributed by atoms with Crippen molar-refractivity contribution in [1.82, 2.24) is 4.90 Å². The fraction of sp³-hybridized carbons (Fsp3) is 0.273. The molecule has 5 nitrogen and oxygen atoms in total. The van der Waals surface area contributed by atoms with Crippen LogP contribution in [0, 0.1) is 11.7 Å². The number of nitrogens with one attached hydrogen (secondary N) is 1. The normalized spacial score (nSPS) is 14.9. The number of amides is 2. The molecule has 0 bridgehead atoms. The Balaban J connectivity index is 1.53. The van der Waals surface area contributed by atoms with Gasteiger partial charge in [0.25, 0.3) is 0 Å². The molecule has 1 fully saturated rings. The molecule has 146 valence electrons. The monoisotopic (exact) mass is 382 g/mol. The maximum atomic E-state index is 13.6. The van der Waals surface area contributed by atoms with E-state index < -0.39 is 0 Å². The van der Waals surface area contributed by atoms with Gasteiger partial charge in [-0.05, 0) is 37.1 Å². The van der Waals surface area contributed by atoms with Crippen LogP contribution < -0.4 is 10.1 Å². The molecule has 0 aromatic heterocycles. The SMILES string of the molecule is COc1ccccc1NC(=O)C1CCN(C(=O)/C=C/c2ccccc2F)CC1. The van der Waals surface area contributed by atoms with Crippen molar-refractivity contribution in [3.63, 3.8) is 0 Å². The molecule has 0 spiro atoms. The number of para-hydroxylation sites is 2. The third-order valence-corrected chi connectivity index (χ3v) is 4.85. The number of hydrogen-bond donors (Lipinski definition) is 1. The molecule has 2 aromatic carbocycles. The standard InChI is InChI=1S/C22H23FN2O3/c1-28-20-9-5-4-8-19(20)24-22(27)17-12-14-25(15-13-17)21(26)11-10-16-6-2-3-7-18(16)23/h2-11,17H,12-15H2,1H3,(H,24,27)/b11-10+. The second-order valence-electron chi connectivity index (χ2n) is 6.64. The Hall–Kier alpha value is -3.15. The summed E-state index contributed by atoms with van der Waals surface area (Å²) in [6, 6.07) is 13.6. The molecule has 0 unspecified atom stereocenters. The molecule has 1 aliphatic rings. The van der Waals surface area contributed by atoms with Crippen LogP contribution in [0.2, 0.25) is 0 Å². The molecule has 0 aliphatic carbocycles. The number of methoxy groups -OCH3 is 1. The summed E-state index contributed by atoms with van der Waals surface area (Å²) in [6.07, 6.45) is 4.03. The number of ether oxygens (including phenoxy) is 1. The first-order valence-electron chi connectivity index (χ1n) is 9.24. The Labute approximate surface area is 163 Å². The molecule has 1 N–H and O–H groups in total. The predicted octanol–water partition coefficient (Wildman–Crippen LogP) is 3.72. The van der Waals surface area contributed by atoms with Crippen LogP contribution in [-0.2, 0) is 9.59 Å². The molecule has 28 heavy (non-hydrogen) atoms. The van der Waals surface area contributed by atoms with E-state index in [0.29, 0.717) is 42.9 Å². The van der Waals surface area contributed by atoms with Crippen LogP contribution in [0.5, 0.6) is 5.75 Å². The van der Waals surface area contributed by atoms with Gasteiger partial charge in [0, 0.05) is 30.6 Å². The van der Waals surface area contributed by atoms with Crippen LogP contribution in [0.25, 0.3) is 6.08 Å². The van der Waals surface area contributed by atoms with E-state index in [1.165, 1.54) is 18.2 Å². The number of hydrogen-bond acceptors (Lipinski definition) is 3. The summed E-state index contributed by atoms with van der Waals surface area (Å²) in [7, 11) is 1.56. The van der Waals surface area contributed by atoms with Crippen molar-refractivity contribution in [2.45, 2.75) is 12.8 Å². The van der Waals surface area contributed by atoms with Crippen molar-refractivity contribution in [2.75, 3.05) is 25.5 Å². The first kappa shape index (κ1) is 19.6. The summed E-state index contributed by atoms with van der Waals surface area (Å²) < 4.78 is 18.9. The van der Waals surface area contributed by atoms with E-state index >= 15 is 0 Å². The van der Waals surface area contributed by atoms with Gasteiger partial charge in [-0.1, -0.05) is 30.3 Å². The van der Waals surface area contributed by atoms with Crippen LogP contribution >= 0.6 is 0 Å². The predicted molar refractivity (Wildman–Crippen MR) is 106 cm³/mol. The van der Waals surface area contributed by atoms with Gasteiger partial charge in [-0.25, -0.2) is 4.39 Å². The molecule has 1 heterocycles. The quantitative estimate of drug-likeness (QED) is 0.802. The molecule has 1 saturated heterocycles. The van der Waals surface area contributed by atoms with E-state index in [-0.39, 0.29) is 23.5 Å². The van der Waals surface area contributed by atoms with Crippen molar-refractivity contribution < 1.29 is 18.7 Å². The zero-order valence-corrected chi connectivity index (χ0v) is 15.7. The van der Waals surface area contributed by atoms with E-state index in [1.807, 2.05) is 12.1 Å². The summed E-state index contributed by atoms with van der Waals surface area (Å²) in [5, 5.41) is 2.91. The minimum atomic E-state index is -0.363. The lowest BCUT2D eigenvalue weighted by molar-refractivity contribution is -0.130. The van der Waals surface area contributed by atoms with Gasteiger partial charge in [-0.2, -0.15) is 0 Å². The molecule has 6 heteroatoms. The molecular formula is C22H23FN2O3. The highest BCUT2D eigenvalue weighted by molar-refractivity contribution is 5.95. The van der Waals surface area contributed by atoms with Gasteiger partial charge in [0.15, 0.2) is 0 Å². The van der Waals surface area contributed by atoms with Crippen molar-refractivity contribution in [3.05, 3.63) is 66.0 Å². The number of carbonyl (C=O) groups excluding carboxylic acids is 2. The van der Waals surface area contributed by atoms with Crippen LogP contribution in [0.15, 0.2) is 54.6 Å². The Bertz CT molecular complexity index is 874. The third kappa shape index (κ3) is 4.76. The van der Waals surface area contributed by atoms with E-state index in [2.05, 4.69) is 5.32 Å². The Morgan fingerprint density at radius 2 is 1.79 bits per heavy atom. The lowest BCUT2D eigenvalue weighted by Crippen LogP contribution is -2.40. The lowest BCUT2D eigenvalue weighted by Gasteiger charge is -2.30. The average Bonchev–Trinajstić information content (AvgIpc) is 2.73. The zero-order valence-electron chi connectivity index (χ0n) is 15.7. The third-order valence-electron chi connectivity index (χ3n) is 4.85. The topological polar surface area (TPSA) is 58.6 Å². The van der Waals surface area contributed by atoms with Crippen molar-refractivity contribution in [3.8, 4) is 5.75 Å². The van der Waals surface area contributed by atoms with Crippen LogP contribution in [0.1, 0.15) is 18.4 Å². The van der Waals surface area contributed by atoms with E-state index in [4.69, 9.17) is 4.74 Å². The van der Waals surface area contributed by atoms with Gasteiger partial charge >= 0.3 is 0 Å². The summed E-state index contributed by atoms with van der Waals surface area (Å²) in [5.41, 5.74) is 1.02.